The molecule has 0 saturated heterocycles. The molecule has 5 atom stereocenters. The molecule has 0 aliphatic heterocycles. The van der Waals surface area contributed by atoms with Gasteiger partial charge in [0.15, 0.2) is 13.2 Å². The lowest BCUT2D eigenvalue weighted by Gasteiger charge is -2.65. The third kappa shape index (κ3) is 7.54. The van der Waals surface area contributed by atoms with Crippen LogP contribution in [0.1, 0.15) is 126 Å². The minimum Gasteiger partial charge on any atom is -0.456 e. The monoisotopic (exact) mass is 682 g/mol. The van der Waals surface area contributed by atoms with Gasteiger partial charge < -0.3 is 18.9 Å². The molecule has 8 fully saturated rings. The first-order valence-corrected chi connectivity index (χ1v) is 19.0. The number of esters is 4. The minimum atomic E-state index is -0.581. The highest BCUT2D eigenvalue weighted by atomic mass is 16.6. The van der Waals surface area contributed by atoms with Gasteiger partial charge >= 0.3 is 23.9 Å². The molecule has 8 aliphatic rings. The Kier molecular flexibility index (Phi) is 10.9. The Bertz CT molecular complexity index is 1280. The fraction of sp³-hybridized carbons (Fsp3) is 0.805. The van der Waals surface area contributed by atoms with Crippen LogP contribution in [0.5, 0.6) is 0 Å². The van der Waals surface area contributed by atoms with Gasteiger partial charge in [0.25, 0.3) is 0 Å². The number of hydrogen-bond donors (Lipinski definition) is 0. The van der Waals surface area contributed by atoms with E-state index in [9.17, 15) is 19.2 Å². The average molecular weight is 683 g/mol. The number of carbonyl (C=O) groups excluding carboxylic acids is 4. The average Bonchev–Trinajstić information content (AvgIpc) is 3.01. The summed E-state index contributed by atoms with van der Waals surface area (Å²) >= 11 is 0. The smallest absolute Gasteiger partial charge is 0.344 e. The van der Waals surface area contributed by atoms with E-state index in [0.29, 0.717) is 51.9 Å². The van der Waals surface area contributed by atoms with Crippen molar-refractivity contribution in [3.05, 3.63) is 24.8 Å². The highest BCUT2D eigenvalue weighted by molar-refractivity contribution is 5.88. The minimum absolute atomic E-state index is 0.298. The molecule has 8 bridgehead atoms. The fourth-order valence-corrected chi connectivity index (χ4v) is 12.3. The van der Waals surface area contributed by atoms with Crippen molar-refractivity contribution in [2.45, 2.75) is 137 Å². The molecule has 8 aliphatic carbocycles. The molecule has 49 heavy (non-hydrogen) atoms. The van der Waals surface area contributed by atoms with Gasteiger partial charge in [-0.2, -0.15) is 0 Å². The molecule has 0 heterocycles. The molecule has 8 saturated carbocycles. The van der Waals surface area contributed by atoms with Crippen LogP contribution in [-0.4, -0.2) is 48.3 Å². The fourth-order valence-electron chi connectivity index (χ4n) is 12.3. The lowest BCUT2D eigenvalue weighted by Crippen LogP contribution is -2.65. The molecule has 0 radical (unpaired) electrons. The van der Waals surface area contributed by atoms with E-state index in [1.54, 1.807) is 6.92 Å². The van der Waals surface area contributed by atoms with E-state index < -0.39 is 23.9 Å². The zero-order valence-electron chi connectivity index (χ0n) is 31.3. The van der Waals surface area contributed by atoms with Gasteiger partial charge in [0.1, 0.15) is 11.2 Å². The molecule has 0 N–H and O–H groups in total. The van der Waals surface area contributed by atoms with Gasteiger partial charge in [-0.3, -0.25) is 0 Å². The quantitative estimate of drug-likeness (QED) is 0.115. The summed E-state index contributed by atoms with van der Waals surface area (Å²) in [6.45, 7) is 21.4. The van der Waals surface area contributed by atoms with Crippen molar-refractivity contribution in [3.63, 3.8) is 0 Å². The van der Waals surface area contributed by atoms with Gasteiger partial charge in [0.2, 0.25) is 0 Å². The van der Waals surface area contributed by atoms with Gasteiger partial charge in [-0.05, 0) is 130 Å². The van der Waals surface area contributed by atoms with Gasteiger partial charge in [0.05, 0.1) is 0 Å². The number of hydrogen-bond acceptors (Lipinski definition) is 8. The van der Waals surface area contributed by atoms with Gasteiger partial charge in [0, 0.05) is 23.5 Å². The van der Waals surface area contributed by atoms with E-state index in [0.717, 1.165) is 56.4 Å². The summed E-state index contributed by atoms with van der Waals surface area (Å²) in [7, 11) is 0. The van der Waals surface area contributed by atoms with E-state index in [2.05, 4.69) is 54.7 Å². The van der Waals surface area contributed by atoms with Crippen LogP contribution in [0.3, 0.4) is 0 Å². The molecule has 5 unspecified atom stereocenters. The van der Waals surface area contributed by atoms with Crippen molar-refractivity contribution >= 4 is 23.9 Å². The molecule has 274 valence electrons. The van der Waals surface area contributed by atoms with E-state index in [1.165, 1.54) is 38.5 Å². The van der Waals surface area contributed by atoms with Crippen LogP contribution in [0.25, 0.3) is 0 Å². The van der Waals surface area contributed by atoms with Gasteiger partial charge in [-0.15, -0.1) is 0 Å². The van der Waals surface area contributed by atoms with E-state index in [4.69, 9.17) is 18.9 Å². The van der Waals surface area contributed by atoms with Gasteiger partial charge in [-0.25, -0.2) is 19.2 Å². The summed E-state index contributed by atoms with van der Waals surface area (Å²) in [4.78, 5) is 47.7. The summed E-state index contributed by atoms with van der Waals surface area (Å²) in [5.41, 5.74) is 0.414. The Labute approximate surface area is 294 Å². The number of rotatable bonds is 12. The van der Waals surface area contributed by atoms with E-state index in [-0.39, 0.29) is 24.4 Å². The maximum absolute atomic E-state index is 12.5. The number of carbonyl (C=O) groups is 4. The molecule has 8 heteroatoms. The zero-order valence-corrected chi connectivity index (χ0v) is 31.3. The van der Waals surface area contributed by atoms with Gasteiger partial charge in [-0.1, -0.05) is 54.7 Å². The van der Waals surface area contributed by atoms with Crippen LogP contribution in [0.4, 0.5) is 0 Å². The van der Waals surface area contributed by atoms with Crippen LogP contribution in [-0.2, 0) is 38.1 Å². The highest BCUT2D eigenvalue weighted by Crippen LogP contribution is 2.67. The summed E-state index contributed by atoms with van der Waals surface area (Å²) in [5.74, 6) is 2.24. The van der Waals surface area contributed by atoms with Crippen molar-refractivity contribution in [1.29, 1.82) is 0 Å². The van der Waals surface area contributed by atoms with Crippen molar-refractivity contribution in [3.8, 4) is 0 Å². The van der Waals surface area contributed by atoms with Crippen LogP contribution < -0.4 is 0 Å². The molecule has 0 aromatic heterocycles. The van der Waals surface area contributed by atoms with Crippen LogP contribution in [0, 0.1) is 58.2 Å². The Morgan fingerprint density at radius 3 is 1.67 bits per heavy atom. The molecule has 0 amide bonds. The topological polar surface area (TPSA) is 105 Å². The Morgan fingerprint density at radius 2 is 1.22 bits per heavy atom. The normalized spacial score (nSPS) is 39.8. The Morgan fingerprint density at radius 1 is 0.755 bits per heavy atom. The highest BCUT2D eigenvalue weighted by Gasteiger charge is 2.65. The molecule has 8 rings (SSSR count). The standard InChI is InChI=1S/C21H32O4.C20H30O4/c1-6-14(4)21(25-18(22)12-24-19(23)13(2)3)16-7-15-8-17(21)11-20(5,9-15)10-16;1-5-17(21)23-12-18(22)24-20(8-13(2)3)15-6-14-7-16(20)11-19(4,9-14)10-15/h14-17H,2,6-12H2,1,3-5H3;5,13-16H,1,6-12H2,2-4H3. The second kappa shape index (κ2) is 14.2. The van der Waals surface area contributed by atoms with E-state index >= 15 is 0 Å². The largest absolute Gasteiger partial charge is 0.456 e. The predicted octanol–water partition coefficient (Wildman–Crippen LogP) is 8.17. The molecule has 0 spiro atoms. The first-order chi connectivity index (χ1) is 23.0. The summed E-state index contributed by atoms with van der Waals surface area (Å²) in [5, 5.41) is 0. The maximum Gasteiger partial charge on any atom is 0.344 e. The summed E-state index contributed by atoms with van der Waals surface area (Å²) in [6, 6.07) is 0. The molecular weight excluding hydrogens is 620 g/mol. The number of ether oxygens (including phenoxy) is 4. The SMILES string of the molecule is C=C(C)C(=O)OCC(=O)OC1(C(C)CC)C2CC3CC1CC(C)(C3)C2.C=CC(=O)OCC(=O)OC1(CC(C)C)C2CC3CC1CC(C)(C3)C2. The van der Waals surface area contributed by atoms with Crippen molar-refractivity contribution in [1.82, 2.24) is 0 Å². The third-order valence-corrected chi connectivity index (χ3v) is 13.5. The van der Waals surface area contributed by atoms with E-state index in [1.807, 2.05) is 0 Å². The summed E-state index contributed by atoms with van der Waals surface area (Å²) in [6.07, 6.45) is 15.0. The second-order valence-corrected chi connectivity index (χ2v) is 18.1. The van der Waals surface area contributed by atoms with Crippen molar-refractivity contribution < 1.29 is 38.1 Å². The molecular formula is C41H62O8. The van der Waals surface area contributed by atoms with Crippen LogP contribution >= 0.6 is 0 Å². The second-order valence-electron chi connectivity index (χ2n) is 18.1. The predicted molar refractivity (Wildman–Crippen MR) is 187 cm³/mol. The molecule has 0 aromatic rings. The molecule has 0 aromatic carbocycles. The third-order valence-electron chi connectivity index (χ3n) is 13.5. The lowest BCUT2D eigenvalue weighted by molar-refractivity contribution is -0.242. The lowest BCUT2D eigenvalue weighted by atomic mass is 9.43. The van der Waals surface area contributed by atoms with Crippen molar-refractivity contribution in [2.24, 2.45) is 58.2 Å². The molecule has 8 nitrogen and oxygen atoms in total. The first-order valence-electron chi connectivity index (χ1n) is 19.0. The van der Waals surface area contributed by atoms with Crippen LogP contribution in [0.2, 0.25) is 0 Å². The Balaban J connectivity index is 0.000000191. The Hall–Kier alpha value is -2.64. The summed E-state index contributed by atoms with van der Waals surface area (Å²) < 4.78 is 22.2. The maximum atomic E-state index is 12.5. The first kappa shape index (κ1) is 37.6. The van der Waals surface area contributed by atoms with Crippen molar-refractivity contribution in [2.75, 3.05) is 13.2 Å². The zero-order chi connectivity index (χ0) is 35.9. The van der Waals surface area contributed by atoms with Crippen LogP contribution in [0.15, 0.2) is 24.8 Å².